The van der Waals surface area contributed by atoms with E-state index in [1.54, 1.807) is 31.4 Å². The second-order valence-electron chi connectivity index (χ2n) is 5.79. The number of fused-ring (bicyclic) bond motifs is 1. The lowest BCUT2D eigenvalue weighted by Gasteiger charge is -2.37. The van der Waals surface area contributed by atoms with Gasteiger partial charge in [0.25, 0.3) is 0 Å². The van der Waals surface area contributed by atoms with E-state index in [1.807, 2.05) is 36.1 Å². The molecule has 1 atom stereocenters. The number of benzene rings is 2. The highest BCUT2D eigenvalue weighted by Crippen LogP contribution is 2.32. The molecule has 1 aliphatic rings. The van der Waals surface area contributed by atoms with Gasteiger partial charge in [0.2, 0.25) is 11.8 Å². The van der Waals surface area contributed by atoms with Crippen LogP contribution in [0.5, 0.6) is 5.75 Å². The number of rotatable bonds is 5. The van der Waals surface area contributed by atoms with E-state index in [1.165, 1.54) is 0 Å². The van der Waals surface area contributed by atoms with Crippen molar-refractivity contribution in [2.45, 2.75) is 19.4 Å². The van der Waals surface area contributed by atoms with Gasteiger partial charge < -0.3 is 20.3 Å². The first-order valence-electron chi connectivity index (χ1n) is 8.22. The van der Waals surface area contributed by atoms with Gasteiger partial charge in [-0.05, 0) is 43.3 Å². The number of hydrogen-bond acceptors (Lipinski definition) is 4. The Morgan fingerprint density at radius 1 is 1.20 bits per heavy atom. The first kappa shape index (κ1) is 16.8. The number of hydrogen-bond donors (Lipinski definition) is 2. The van der Waals surface area contributed by atoms with Crippen molar-refractivity contribution in [3.8, 4) is 5.75 Å². The molecule has 6 nitrogen and oxygen atoms in total. The molecule has 3 rings (SSSR count). The lowest BCUT2D eigenvalue weighted by Crippen LogP contribution is -2.49. The van der Waals surface area contributed by atoms with Gasteiger partial charge >= 0.3 is 0 Å². The molecule has 0 fully saturated rings. The molecule has 1 aliphatic heterocycles. The van der Waals surface area contributed by atoms with Crippen LogP contribution in [0.2, 0.25) is 0 Å². The fourth-order valence-electron chi connectivity index (χ4n) is 3.01. The topological polar surface area (TPSA) is 70.7 Å². The molecule has 2 amide bonds. The molecule has 0 saturated heterocycles. The Morgan fingerprint density at radius 2 is 1.92 bits per heavy atom. The molecule has 0 saturated carbocycles. The Kier molecular flexibility index (Phi) is 4.88. The third-order valence-electron chi connectivity index (χ3n) is 4.24. The van der Waals surface area contributed by atoms with Gasteiger partial charge in [-0.3, -0.25) is 9.59 Å². The lowest BCUT2D eigenvalue weighted by atomic mass is 10.0. The van der Waals surface area contributed by atoms with Crippen molar-refractivity contribution in [3.05, 3.63) is 48.5 Å². The summed E-state index contributed by atoms with van der Waals surface area (Å²) in [7, 11) is 1.59. The van der Waals surface area contributed by atoms with Gasteiger partial charge in [0.15, 0.2) is 0 Å². The summed E-state index contributed by atoms with van der Waals surface area (Å²) in [6.07, 6.45) is 0.0834. The summed E-state index contributed by atoms with van der Waals surface area (Å²) in [5.41, 5.74) is 2.39. The summed E-state index contributed by atoms with van der Waals surface area (Å²) in [6.45, 7) is 2.62. The fraction of sp³-hybridized carbons (Fsp3) is 0.263. The highest BCUT2D eigenvalue weighted by Gasteiger charge is 2.33. The normalized spacial score (nSPS) is 16.0. The van der Waals surface area contributed by atoms with Crippen molar-refractivity contribution < 1.29 is 14.3 Å². The van der Waals surface area contributed by atoms with Gasteiger partial charge in [-0.1, -0.05) is 12.1 Å². The van der Waals surface area contributed by atoms with Crippen LogP contribution in [-0.4, -0.2) is 31.5 Å². The van der Waals surface area contributed by atoms with Crippen LogP contribution in [0.25, 0.3) is 0 Å². The first-order valence-corrected chi connectivity index (χ1v) is 8.22. The number of nitrogens with zero attached hydrogens (tertiary/aromatic N) is 1. The predicted octanol–water partition coefficient (Wildman–Crippen LogP) is 2.87. The number of nitrogens with one attached hydrogen (secondary N) is 2. The third kappa shape index (κ3) is 3.57. The zero-order valence-corrected chi connectivity index (χ0v) is 14.3. The number of para-hydroxylation sites is 2. The van der Waals surface area contributed by atoms with Crippen molar-refractivity contribution in [1.82, 2.24) is 0 Å². The number of methoxy groups -OCH3 is 1. The maximum absolute atomic E-state index is 12.4. The van der Waals surface area contributed by atoms with E-state index in [4.69, 9.17) is 4.74 Å². The summed E-state index contributed by atoms with van der Waals surface area (Å²) < 4.78 is 5.10. The monoisotopic (exact) mass is 339 g/mol. The standard InChI is InChI=1S/C19H21N3O3/c1-3-22-16-7-5-4-6-15(16)21-19(24)17(22)12-18(23)20-13-8-10-14(25-2)11-9-13/h4-11,17H,3,12H2,1-2H3,(H,20,23)(H,21,24)/t17-/m1/s1. The second-order valence-corrected chi connectivity index (χ2v) is 5.79. The summed E-state index contributed by atoms with van der Waals surface area (Å²) in [6, 6.07) is 14.2. The largest absolute Gasteiger partial charge is 0.497 e. The van der Waals surface area contributed by atoms with Crippen LogP contribution in [-0.2, 0) is 9.59 Å². The summed E-state index contributed by atoms with van der Waals surface area (Å²) in [5, 5.41) is 5.71. The van der Waals surface area contributed by atoms with Crippen molar-refractivity contribution in [2.24, 2.45) is 0 Å². The van der Waals surface area contributed by atoms with Crippen molar-refractivity contribution in [3.63, 3.8) is 0 Å². The maximum Gasteiger partial charge on any atom is 0.247 e. The van der Waals surface area contributed by atoms with E-state index in [0.717, 1.165) is 17.1 Å². The molecule has 25 heavy (non-hydrogen) atoms. The maximum atomic E-state index is 12.4. The minimum absolute atomic E-state index is 0.0834. The van der Waals surface area contributed by atoms with E-state index in [9.17, 15) is 9.59 Å². The molecular weight excluding hydrogens is 318 g/mol. The van der Waals surface area contributed by atoms with Crippen molar-refractivity contribution in [2.75, 3.05) is 29.2 Å². The summed E-state index contributed by atoms with van der Waals surface area (Å²) >= 11 is 0. The van der Waals surface area contributed by atoms with E-state index in [0.29, 0.717) is 12.2 Å². The van der Waals surface area contributed by atoms with Gasteiger partial charge in [0, 0.05) is 12.2 Å². The minimum atomic E-state index is -0.529. The Balaban J connectivity index is 1.72. The summed E-state index contributed by atoms with van der Waals surface area (Å²) in [5.74, 6) is 0.354. The lowest BCUT2D eigenvalue weighted by molar-refractivity contribution is -0.122. The molecule has 2 N–H and O–H groups in total. The highest BCUT2D eigenvalue weighted by atomic mass is 16.5. The number of carbonyl (C=O) groups excluding carboxylic acids is 2. The quantitative estimate of drug-likeness (QED) is 0.879. The molecule has 0 radical (unpaired) electrons. The molecule has 0 aliphatic carbocycles. The fourth-order valence-corrected chi connectivity index (χ4v) is 3.01. The zero-order valence-electron chi connectivity index (χ0n) is 14.3. The highest BCUT2D eigenvalue weighted by molar-refractivity contribution is 6.06. The molecule has 6 heteroatoms. The van der Waals surface area contributed by atoms with Crippen LogP contribution < -0.4 is 20.3 Å². The average Bonchev–Trinajstić information content (AvgIpc) is 2.63. The van der Waals surface area contributed by atoms with Gasteiger partial charge in [-0.25, -0.2) is 0 Å². The molecular formula is C19H21N3O3. The van der Waals surface area contributed by atoms with Gasteiger partial charge in [-0.2, -0.15) is 0 Å². The second kappa shape index (κ2) is 7.25. The average molecular weight is 339 g/mol. The first-order chi connectivity index (χ1) is 12.1. The summed E-state index contributed by atoms with van der Waals surface area (Å²) in [4.78, 5) is 26.8. The Hall–Kier alpha value is -3.02. The molecule has 0 spiro atoms. The Labute approximate surface area is 146 Å². The number of carbonyl (C=O) groups is 2. The Morgan fingerprint density at radius 3 is 2.60 bits per heavy atom. The Bertz CT molecular complexity index is 774. The van der Waals surface area contributed by atoms with E-state index >= 15 is 0 Å². The predicted molar refractivity (Wildman–Crippen MR) is 98.1 cm³/mol. The van der Waals surface area contributed by atoms with Gasteiger partial charge in [0.05, 0.1) is 24.9 Å². The number of amides is 2. The number of ether oxygens (including phenoxy) is 1. The van der Waals surface area contributed by atoms with E-state index in [-0.39, 0.29) is 18.2 Å². The molecule has 2 aromatic carbocycles. The van der Waals surface area contributed by atoms with Crippen molar-refractivity contribution >= 4 is 28.9 Å². The SMILES string of the molecule is CCN1c2ccccc2NC(=O)[C@H]1CC(=O)Nc1ccc(OC)cc1. The van der Waals surface area contributed by atoms with E-state index in [2.05, 4.69) is 10.6 Å². The van der Waals surface area contributed by atoms with Gasteiger partial charge in [0.1, 0.15) is 11.8 Å². The van der Waals surface area contributed by atoms with Crippen LogP contribution in [0.1, 0.15) is 13.3 Å². The van der Waals surface area contributed by atoms with E-state index < -0.39 is 6.04 Å². The number of likely N-dealkylation sites (N-methyl/N-ethyl adjacent to an activating group) is 1. The molecule has 130 valence electrons. The minimum Gasteiger partial charge on any atom is -0.497 e. The van der Waals surface area contributed by atoms with Crippen LogP contribution in [0.4, 0.5) is 17.1 Å². The zero-order chi connectivity index (χ0) is 17.8. The molecule has 0 aromatic heterocycles. The van der Waals surface area contributed by atoms with Gasteiger partial charge in [-0.15, -0.1) is 0 Å². The van der Waals surface area contributed by atoms with Crippen molar-refractivity contribution in [1.29, 1.82) is 0 Å². The van der Waals surface area contributed by atoms with Crippen LogP contribution >= 0.6 is 0 Å². The third-order valence-corrected chi connectivity index (χ3v) is 4.24. The van der Waals surface area contributed by atoms with Crippen LogP contribution in [0.3, 0.4) is 0 Å². The van der Waals surface area contributed by atoms with Crippen LogP contribution in [0, 0.1) is 0 Å². The number of anilines is 3. The molecule has 0 unspecified atom stereocenters. The molecule has 2 aromatic rings. The molecule has 0 bridgehead atoms. The smallest absolute Gasteiger partial charge is 0.247 e. The van der Waals surface area contributed by atoms with Crippen LogP contribution in [0.15, 0.2) is 48.5 Å². The molecule has 1 heterocycles.